The Hall–Kier alpha value is -3.56. The van der Waals surface area contributed by atoms with Gasteiger partial charge >= 0.3 is 5.69 Å². The lowest BCUT2D eigenvalue weighted by atomic mass is 9.98. The number of nitrogens with zero attached hydrogens (tertiary/aromatic N) is 3. The van der Waals surface area contributed by atoms with E-state index in [9.17, 15) is 19.5 Å². The van der Waals surface area contributed by atoms with Crippen molar-refractivity contribution in [1.82, 2.24) is 14.6 Å². The van der Waals surface area contributed by atoms with E-state index >= 15 is 0 Å². The molecule has 1 aromatic heterocycles. The van der Waals surface area contributed by atoms with Gasteiger partial charge in [0.2, 0.25) is 11.8 Å². The molecule has 2 heterocycles. The summed E-state index contributed by atoms with van der Waals surface area (Å²) >= 11 is 0. The van der Waals surface area contributed by atoms with Crippen molar-refractivity contribution < 1.29 is 19.4 Å². The van der Waals surface area contributed by atoms with E-state index in [-0.39, 0.29) is 36.6 Å². The summed E-state index contributed by atoms with van der Waals surface area (Å²) in [5.41, 5.74) is -0.677. The van der Waals surface area contributed by atoms with Crippen LogP contribution in [0.5, 0.6) is 17.4 Å². The molecule has 2 N–H and O–H groups in total. The molecule has 10 nitrogen and oxygen atoms in total. The van der Waals surface area contributed by atoms with Gasteiger partial charge in [-0.15, -0.1) is 0 Å². The first-order chi connectivity index (χ1) is 15.4. The predicted molar refractivity (Wildman–Crippen MR) is 118 cm³/mol. The molecule has 2 aromatic rings. The zero-order valence-corrected chi connectivity index (χ0v) is 18.7. The van der Waals surface area contributed by atoms with Crippen LogP contribution in [0.15, 0.2) is 32.9 Å². The number of hydrazone groups is 1. The monoisotopic (exact) mass is 444 g/mol. The van der Waals surface area contributed by atoms with Crippen LogP contribution in [0.2, 0.25) is 0 Å². The van der Waals surface area contributed by atoms with Crippen LogP contribution in [-0.4, -0.2) is 45.5 Å². The number of carbonyl (C=O) groups is 1. The third-order valence-electron chi connectivity index (χ3n) is 5.46. The Morgan fingerprint density at radius 2 is 2.00 bits per heavy atom. The number of aromatic hydroxyl groups is 1. The molecule has 172 valence electrons. The van der Waals surface area contributed by atoms with Crippen molar-refractivity contribution in [3.05, 3.63) is 50.2 Å². The molecule has 1 aliphatic heterocycles. The Bertz CT molecular complexity index is 1150. The second-order valence-electron chi connectivity index (χ2n) is 7.43. The Kier molecular flexibility index (Phi) is 7.01. The maximum Gasteiger partial charge on any atom is 0.331 e. The number of rotatable bonds is 8. The van der Waals surface area contributed by atoms with Gasteiger partial charge in [0.1, 0.15) is 17.1 Å². The molecule has 0 saturated carbocycles. The van der Waals surface area contributed by atoms with Crippen molar-refractivity contribution in [1.29, 1.82) is 0 Å². The summed E-state index contributed by atoms with van der Waals surface area (Å²) in [6, 6.07) is 4.66. The molecule has 0 aliphatic carbocycles. The van der Waals surface area contributed by atoms with Crippen LogP contribution in [0, 0.1) is 0 Å². The maximum atomic E-state index is 12.7. The van der Waals surface area contributed by atoms with Crippen molar-refractivity contribution in [3.8, 4) is 17.4 Å². The van der Waals surface area contributed by atoms with Crippen molar-refractivity contribution in [2.75, 3.05) is 14.2 Å². The fourth-order valence-electron chi connectivity index (χ4n) is 3.74. The summed E-state index contributed by atoms with van der Waals surface area (Å²) in [6.07, 6.45) is 1.79. The highest BCUT2D eigenvalue weighted by Gasteiger charge is 2.36. The van der Waals surface area contributed by atoms with E-state index in [1.165, 1.54) is 19.2 Å². The number of aromatic nitrogens is 2. The van der Waals surface area contributed by atoms with Crippen LogP contribution in [0.1, 0.15) is 56.7 Å². The molecule has 0 spiro atoms. The molecule has 10 heteroatoms. The van der Waals surface area contributed by atoms with E-state index < -0.39 is 23.2 Å². The van der Waals surface area contributed by atoms with Crippen LogP contribution in [0.4, 0.5) is 0 Å². The minimum atomic E-state index is -0.749. The van der Waals surface area contributed by atoms with Gasteiger partial charge in [0.15, 0.2) is 0 Å². The molecule has 0 radical (unpaired) electrons. The lowest BCUT2D eigenvalue weighted by Gasteiger charge is -2.23. The van der Waals surface area contributed by atoms with Gasteiger partial charge in [0.25, 0.3) is 5.56 Å². The highest BCUT2D eigenvalue weighted by atomic mass is 16.5. The predicted octanol–water partition coefficient (Wildman–Crippen LogP) is 2.15. The number of methoxy groups -OCH3 is 2. The van der Waals surface area contributed by atoms with Crippen LogP contribution in [-0.2, 0) is 11.3 Å². The van der Waals surface area contributed by atoms with Gasteiger partial charge in [-0.05, 0) is 24.6 Å². The van der Waals surface area contributed by atoms with Gasteiger partial charge in [0, 0.05) is 24.9 Å². The van der Waals surface area contributed by atoms with Crippen molar-refractivity contribution in [2.45, 2.75) is 52.1 Å². The Morgan fingerprint density at radius 1 is 1.25 bits per heavy atom. The number of ether oxygens (including phenoxy) is 2. The summed E-state index contributed by atoms with van der Waals surface area (Å²) in [5.74, 6) is 0.400. The Morgan fingerprint density at radius 3 is 2.62 bits per heavy atom. The number of unbranched alkanes of at least 4 members (excludes halogenated alkanes) is 1. The summed E-state index contributed by atoms with van der Waals surface area (Å²) in [5, 5.41) is 16.5. The number of benzene rings is 1. The number of hydrogen-bond donors (Lipinski definition) is 2. The molecule has 1 aliphatic rings. The summed E-state index contributed by atoms with van der Waals surface area (Å²) in [6.45, 7) is 3.92. The topological polar surface area (TPSA) is 126 Å². The summed E-state index contributed by atoms with van der Waals surface area (Å²) in [7, 11) is 3.06. The molecule has 0 unspecified atom stereocenters. The molecule has 1 aromatic carbocycles. The van der Waals surface area contributed by atoms with E-state index in [2.05, 4.69) is 10.1 Å². The zero-order chi connectivity index (χ0) is 23.4. The van der Waals surface area contributed by atoms with E-state index in [0.717, 1.165) is 11.0 Å². The number of hydrogen-bond acceptors (Lipinski definition) is 7. The first-order valence-electron chi connectivity index (χ1n) is 10.5. The molecule has 0 fully saturated rings. The number of aromatic amines is 1. The van der Waals surface area contributed by atoms with Crippen LogP contribution >= 0.6 is 0 Å². The van der Waals surface area contributed by atoms with Gasteiger partial charge < -0.3 is 14.6 Å². The van der Waals surface area contributed by atoms with Crippen molar-refractivity contribution in [2.24, 2.45) is 5.10 Å². The molecule has 0 bridgehead atoms. The number of carbonyl (C=O) groups excluding carboxylic acids is 1. The lowest BCUT2D eigenvalue weighted by molar-refractivity contribution is -0.132. The smallest absolute Gasteiger partial charge is 0.331 e. The number of nitrogens with one attached hydrogen (secondary N) is 1. The zero-order valence-electron chi connectivity index (χ0n) is 18.7. The third-order valence-corrected chi connectivity index (χ3v) is 5.46. The molecule has 3 rings (SSSR count). The SMILES string of the molecule is CCCCn1c(O)c(C2=NN(C(=O)CC)[C@@H](c3cc(OC)ccc3OC)C2)c(=O)[nH]c1=O. The standard InChI is InChI=1S/C22H28N4O6/c1-5-7-10-25-21(29)19(20(28)23-22(25)30)15-12-16(26(24-15)18(27)6-2)14-11-13(31-3)8-9-17(14)32-4/h8-9,11,16,29H,5-7,10,12H2,1-4H3,(H,23,28,30)/t16-/m1/s1. The van der Waals surface area contributed by atoms with Gasteiger partial charge in [-0.25, -0.2) is 9.80 Å². The van der Waals surface area contributed by atoms with Crippen LogP contribution in [0.25, 0.3) is 0 Å². The summed E-state index contributed by atoms with van der Waals surface area (Å²) < 4.78 is 11.9. The summed E-state index contributed by atoms with van der Waals surface area (Å²) in [4.78, 5) is 39.8. The minimum absolute atomic E-state index is 0.112. The largest absolute Gasteiger partial charge is 0.497 e. The van der Waals surface area contributed by atoms with E-state index in [4.69, 9.17) is 9.47 Å². The highest BCUT2D eigenvalue weighted by molar-refractivity contribution is 6.04. The lowest BCUT2D eigenvalue weighted by Crippen LogP contribution is -2.33. The fourth-order valence-corrected chi connectivity index (χ4v) is 3.74. The molecule has 1 atom stereocenters. The van der Waals surface area contributed by atoms with Crippen LogP contribution in [0.3, 0.4) is 0 Å². The average molecular weight is 444 g/mol. The van der Waals surface area contributed by atoms with Gasteiger partial charge in [-0.3, -0.25) is 19.1 Å². The second-order valence-corrected chi connectivity index (χ2v) is 7.43. The van der Waals surface area contributed by atoms with Gasteiger partial charge in [-0.1, -0.05) is 20.3 Å². The molecule has 32 heavy (non-hydrogen) atoms. The maximum absolute atomic E-state index is 12.7. The minimum Gasteiger partial charge on any atom is -0.497 e. The quantitative estimate of drug-likeness (QED) is 0.642. The average Bonchev–Trinajstić information content (AvgIpc) is 3.22. The van der Waals surface area contributed by atoms with E-state index in [1.807, 2.05) is 6.92 Å². The first kappa shape index (κ1) is 23.1. The van der Waals surface area contributed by atoms with E-state index in [1.54, 1.807) is 25.1 Å². The van der Waals surface area contributed by atoms with Crippen molar-refractivity contribution >= 4 is 11.6 Å². The fraction of sp³-hybridized carbons (Fsp3) is 0.455. The molecular formula is C22H28N4O6. The molecular weight excluding hydrogens is 416 g/mol. The van der Waals surface area contributed by atoms with E-state index in [0.29, 0.717) is 23.5 Å². The highest BCUT2D eigenvalue weighted by Crippen LogP contribution is 2.39. The van der Waals surface area contributed by atoms with Crippen molar-refractivity contribution in [3.63, 3.8) is 0 Å². The number of amides is 1. The number of H-pyrrole nitrogens is 1. The third kappa shape index (κ3) is 4.25. The Labute approximate surface area is 185 Å². The molecule has 0 saturated heterocycles. The first-order valence-corrected chi connectivity index (χ1v) is 10.5. The van der Waals surface area contributed by atoms with Crippen LogP contribution < -0.4 is 20.7 Å². The van der Waals surface area contributed by atoms with Gasteiger partial charge in [0.05, 0.1) is 26.0 Å². The Balaban J connectivity index is 2.13. The molecule has 1 amide bonds. The van der Waals surface area contributed by atoms with Gasteiger partial charge in [-0.2, -0.15) is 5.10 Å². The normalized spacial score (nSPS) is 15.6. The second kappa shape index (κ2) is 9.71.